The number of carbonyl (C=O) groups is 2. The Morgan fingerprint density at radius 3 is 1.84 bits per heavy atom. The average molecular weight is 1080 g/mol. The Bertz CT molecular complexity index is 1900. The molecule has 2 heterocycles. The normalized spacial score (nSPS) is 19.7. The van der Waals surface area contributed by atoms with Crippen LogP contribution in [-0.4, -0.2) is 96.9 Å². The number of rotatable bonds is 44. The Labute approximate surface area is 434 Å². The first-order valence-electron chi connectivity index (χ1n) is 27.0. The van der Waals surface area contributed by atoms with Crippen LogP contribution in [0.25, 0.3) is 0 Å². The highest BCUT2D eigenvalue weighted by Crippen LogP contribution is 2.60. The van der Waals surface area contributed by atoms with E-state index in [1.54, 1.807) is 6.08 Å². The van der Waals surface area contributed by atoms with E-state index < -0.39 is 89.8 Å². The number of aliphatic hydroxyl groups is 3. The molecular formula is C52H91N3O16P2. The summed E-state index contributed by atoms with van der Waals surface area (Å²) in [5.41, 5.74) is 4.59. The van der Waals surface area contributed by atoms with Gasteiger partial charge < -0.3 is 45.1 Å². The third-order valence-corrected chi connectivity index (χ3v) is 14.9. The van der Waals surface area contributed by atoms with Crippen molar-refractivity contribution in [1.29, 1.82) is 0 Å². The molecule has 0 radical (unpaired) electrons. The minimum atomic E-state index is -5.44. The number of allylic oxidation sites excluding steroid dienone is 5. The van der Waals surface area contributed by atoms with Gasteiger partial charge in [0.1, 0.15) is 30.7 Å². The van der Waals surface area contributed by atoms with Crippen molar-refractivity contribution < 1.29 is 71.4 Å². The van der Waals surface area contributed by atoms with Crippen molar-refractivity contribution >= 4 is 33.4 Å². The van der Waals surface area contributed by atoms with Gasteiger partial charge in [-0.05, 0) is 44.1 Å². The zero-order chi connectivity index (χ0) is 53.7. The van der Waals surface area contributed by atoms with E-state index in [2.05, 4.69) is 42.2 Å². The minimum absolute atomic E-state index is 0.0325. The van der Waals surface area contributed by atoms with Gasteiger partial charge in [-0.2, -0.15) is 9.29 Å². The number of carbonyl (C=O) groups excluding carboxylic acids is 2. The highest BCUT2D eigenvalue weighted by Gasteiger charge is 2.46. The maximum Gasteiger partial charge on any atom is 0.481 e. The van der Waals surface area contributed by atoms with Gasteiger partial charge in [0.25, 0.3) is 0 Å². The molecule has 0 aromatic carbocycles. The highest BCUT2D eigenvalue weighted by molar-refractivity contribution is 7.61. The first-order valence-corrected chi connectivity index (χ1v) is 30.0. The summed E-state index contributed by atoms with van der Waals surface area (Å²) in [5.74, 6) is -0.567. The number of nitrogen functional groups attached to an aromatic ring is 1. The van der Waals surface area contributed by atoms with Crippen LogP contribution in [-0.2, 0) is 46.3 Å². The molecule has 1 aliphatic heterocycles. The highest BCUT2D eigenvalue weighted by atomic mass is 31.3. The van der Waals surface area contributed by atoms with E-state index in [-0.39, 0.29) is 18.7 Å². The fraction of sp³-hybridized carbons (Fsp3) is 0.769. The van der Waals surface area contributed by atoms with Gasteiger partial charge in [-0.15, -0.1) is 0 Å². The van der Waals surface area contributed by atoms with Crippen molar-refractivity contribution in [3.05, 3.63) is 59.2 Å². The van der Waals surface area contributed by atoms with Crippen molar-refractivity contribution in [2.24, 2.45) is 5.92 Å². The van der Waals surface area contributed by atoms with Crippen molar-refractivity contribution in [3.8, 4) is 0 Å². The number of hydrogen-bond donors (Lipinski definition) is 6. The second kappa shape index (κ2) is 39.3. The van der Waals surface area contributed by atoms with Crippen molar-refractivity contribution in [3.63, 3.8) is 0 Å². The van der Waals surface area contributed by atoms with Gasteiger partial charge in [0.05, 0.1) is 19.3 Å². The largest absolute Gasteiger partial charge is 0.481 e. The Balaban J connectivity index is 1.79. The van der Waals surface area contributed by atoms with Crippen molar-refractivity contribution in [2.45, 2.75) is 231 Å². The number of hydrogen-bond acceptors (Lipinski definition) is 16. The zero-order valence-electron chi connectivity index (χ0n) is 44.0. The summed E-state index contributed by atoms with van der Waals surface area (Å²) in [5, 5.41) is 31.1. The van der Waals surface area contributed by atoms with E-state index in [0.29, 0.717) is 19.3 Å². The molecule has 1 aromatic rings. The Morgan fingerprint density at radius 1 is 0.740 bits per heavy atom. The molecule has 0 saturated carbocycles. The van der Waals surface area contributed by atoms with Gasteiger partial charge in [-0.25, -0.2) is 13.9 Å². The van der Waals surface area contributed by atoms with E-state index in [1.807, 2.05) is 18.2 Å². The van der Waals surface area contributed by atoms with Crippen LogP contribution in [0.1, 0.15) is 200 Å². The number of unbranched alkanes of at least 4 members (excludes halogenated alkanes) is 19. The van der Waals surface area contributed by atoms with Crippen LogP contribution in [0.15, 0.2) is 53.5 Å². The monoisotopic (exact) mass is 1080 g/mol. The maximum atomic E-state index is 12.9. The summed E-state index contributed by atoms with van der Waals surface area (Å²) in [6, 6.07) is 1.24. The van der Waals surface area contributed by atoms with Gasteiger partial charge in [0.2, 0.25) is 0 Å². The summed E-state index contributed by atoms with van der Waals surface area (Å²) in [4.78, 5) is 62.0. The number of nitrogens with zero attached hydrogens (tertiary/aromatic N) is 2. The molecule has 8 atom stereocenters. The molecular weight excluding hydrogens is 985 g/mol. The second-order valence-corrected chi connectivity index (χ2v) is 22.4. The average Bonchev–Trinajstić information content (AvgIpc) is 3.61. The van der Waals surface area contributed by atoms with Crippen LogP contribution in [0.3, 0.4) is 0 Å². The summed E-state index contributed by atoms with van der Waals surface area (Å²) in [6.45, 7) is 4.28. The molecule has 0 spiro atoms. The summed E-state index contributed by atoms with van der Waals surface area (Å²) in [7, 11) is -10.9. The molecule has 0 aliphatic carbocycles. The Hall–Kier alpha value is -3.06. The fourth-order valence-corrected chi connectivity index (χ4v) is 10.2. The Morgan fingerprint density at radius 2 is 1.27 bits per heavy atom. The first kappa shape index (κ1) is 66.1. The van der Waals surface area contributed by atoms with E-state index in [9.17, 15) is 48.6 Å². The van der Waals surface area contributed by atoms with Crippen LogP contribution in [0, 0.1) is 5.92 Å². The smallest absolute Gasteiger partial charge is 0.462 e. The number of nitrogens with two attached hydrogens (primary N) is 1. The standard InChI is InChI=1S/C52H91N3O16P2/c1-4-5-6-7-18-23-28-33-43(56)34-29-24-21-26-30-35-47(57)66-39-44(69-48(58)36-31-25-20-17-15-13-11-9-8-10-12-14-16-19-22-27-32-42(2)3)40-67-72(62,63)71-73(64,65)68-41-45-49(59)50(60)51(70-45)55-38-37-46(53)54-52(55)61/h5-6,18,23,28,33,37-38,42-45,49-51,56,59-60H,4,7-17,19-22,24-27,29-32,34-36,39-41H2,1-3H3,(H,62,63)(H,64,65)(H2,53,54,61)/b6-5+,23-18+,33-28+/t43?,44-,45-,49-,50-,51-/m1/s1. The first-order chi connectivity index (χ1) is 34.9. The van der Waals surface area contributed by atoms with E-state index >= 15 is 0 Å². The predicted molar refractivity (Wildman–Crippen MR) is 281 cm³/mol. The summed E-state index contributed by atoms with van der Waals surface area (Å²) >= 11 is 0. The second-order valence-electron chi connectivity index (χ2n) is 19.4. The van der Waals surface area contributed by atoms with Crippen LogP contribution in [0.5, 0.6) is 0 Å². The van der Waals surface area contributed by atoms with Crippen LogP contribution in [0.2, 0.25) is 0 Å². The summed E-state index contributed by atoms with van der Waals surface area (Å²) < 4.78 is 56.8. The lowest BCUT2D eigenvalue weighted by Crippen LogP contribution is -2.36. The van der Waals surface area contributed by atoms with Gasteiger partial charge in [-0.1, -0.05) is 186 Å². The molecule has 1 aromatic heterocycles. The third kappa shape index (κ3) is 32.9. The fourth-order valence-electron chi connectivity index (χ4n) is 8.09. The quantitative estimate of drug-likeness (QED) is 0.0116. The van der Waals surface area contributed by atoms with E-state index in [0.717, 1.165) is 80.9 Å². The van der Waals surface area contributed by atoms with E-state index in [4.69, 9.17) is 29.0 Å². The molecule has 0 amide bonds. The lowest BCUT2D eigenvalue weighted by molar-refractivity contribution is -0.161. The molecule has 73 heavy (non-hydrogen) atoms. The van der Waals surface area contributed by atoms with Crippen LogP contribution >= 0.6 is 15.6 Å². The molecule has 2 rings (SSSR count). The van der Waals surface area contributed by atoms with Gasteiger partial charge in [0, 0.05) is 19.0 Å². The topological polar surface area (TPSA) is 286 Å². The number of aromatic nitrogens is 2. The van der Waals surface area contributed by atoms with Crippen LogP contribution in [0.4, 0.5) is 5.82 Å². The lowest BCUT2D eigenvalue weighted by atomic mass is 10.0. The number of phosphoric acid groups is 2. The van der Waals surface area contributed by atoms with Crippen molar-refractivity contribution in [2.75, 3.05) is 25.6 Å². The molecule has 21 heteroatoms. The minimum Gasteiger partial charge on any atom is -0.462 e. The van der Waals surface area contributed by atoms with Gasteiger partial charge in [-0.3, -0.25) is 23.2 Å². The zero-order valence-corrected chi connectivity index (χ0v) is 45.8. The molecule has 1 saturated heterocycles. The van der Waals surface area contributed by atoms with Crippen molar-refractivity contribution in [1.82, 2.24) is 9.55 Å². The number of phosphoric ester groups is 2. The van der Waals surface area contributed by atoms with E-state index in [1.165, 1.54) is 83.1 Å². The summed E-state index contributed by atoms with van der Waals surface area (Å²) in [6.07, 6.45) is 31.0. The molecule has 1 aliphatic rings. The third-order valence-electron chi connectivity index (χ3n) is 12.3. The van der Waals surface area contributed by atoms with Gasteiger partial charge in [0.15, 0.2) is 12.3 Å². The molecule has 1 fully saturated rings. The molecule has 0 bridgehead atoms. The number of ether oxygens (including phenoxy) is 3. The number of esters is 2. The number of anilines is 1. The Kier molecular flexibility index (Phi) is 35.6. The SMILES string of the molecule is CC/C=C/C/C=C/C=C/C(O)CCCCCCCC(=O)OC[C@H](COP(=O)(O)OP(=O)(O)OC[C@H]1O[C@@H](n2ccc(N)nc2=O)[C@H](O)[C@@H]1O)OC(=O)CCCCCCCCCCCCCCCCCCC(C)C. The molecule has 7 N–H and O–H groups in total. The lowest BCUT2D eigenvalue weighted by Gasteiger charge is -2.21. The molecule has 420 valence electrons. The molecule has 3 unspecified atom stereocenters. The number of aliphatic hydroxyl groups excluding tert-OH is 3. The predicted octanol–water partition coefficient (Wildman–Crippen LogP) is 10.4. The maximum absolute atomic E-state index is 12.9. The van der Waals surface area contributed by atoms with Gasteiger partial charge >= 0.3 is 33.3 Å². The molecule has 19 nitrogen and oxygen atoms in total. The van der Waals surface area contributed by atoms with Crippen LogP contribution < -0.4 is 11.4 Å².